The molecule has 1 fully saturated rings. The summed E-state index contributed by atoms with van der Waals surface area (Å²) < 4.78 is 1.66. The van der Waals surface area contributed by atoms with Gasteiger partial charge in [0, 0.05) is 50.6 Å². The van der Waals surface area contributed by atoms with Gasteiger partial charge in [-0.2, -0.15) is 0 Å². The molecule has 1 saturated heterocycles. The van der Waals surface area contributed by atoms with Crippen LogP contribution in [0.2, 0.25) is 5.02 Å². The number of nitrogens with zero attached hydrogens (tertiary/aromatic N) is 4. The average molecular weight is 391 g/mol. The highest BCUT2D eigenvalue weighted by atomic mass is 35.5. The van der Waals surface area contributed by atoms with Gasteiger partial charge in [0.05, 0.1) is 16.8 Å². The van der Waals surface area contributed by atoms with Crippen molar-refractivity contribution in [3.63, 3.8) is 0 Å². The van der Waals surface area contributed by atoms with Crippen LogP contribution in [0, 0.1) is 0 Å². The SMILES string of the molecule is O=C(C[C@H]1CSc2nccc(=O)n21)N1CCN(c2ccccc2Cl)CC1. The number of para-hydroxylation sites is 1. The lowest BCUT2D eigenvalue weighted by Gasteiger charge is -2.37. The first-order valence-electron chi connectivity index (χ1n) is 8.61. The summed E-state index contributed by atoms with van der Waals surface area (Å²) in [6.07, 6.45) is 1.87. The van der Waals surface area contributed by atoms with Gasteiger partial charge in [0.25, 0.3) is 5.56 Å². The molecule has 0 N–H and O–H groups in total. The highest BCUT2D eigenvalue weighted by molar-refractivity contribution is 7.99. The van der Waals surface area contributed by atoms with Gasteiger partial charge in [-0.3, -0.25) is 14.2 Å². The van der Waals surface area contributed by atoms with E-state index in [-0.39, 0.29) is 17.5 Å². The second-order valence-corrected chi connectivity index (χ2v) is 7.82. The van der Waals surface area contributed by atoms with Gasteiger partial charge in [-0.15, -0.1) is 0 Å². The lowest BCUT2D eigenvalue weighted by molar-refractivity contribution is -0.132. The molecule has 1 amide bonds. The van der Waals surface area contributed by atoms with E-state index in [1.54, 1.807) is 4.57 Å². The maximum absolute atomic E-state index is 12.7. The van der Waals surface area contributed by atoms with E-state index < -0.39 is 0 Å². The van der Waals surface area contributed by atoms with Gasteiger partial charge in [0.1, 0.15) is 0 Å². The quantitative estimate of drug-likeness (QED) is 0.752. The summed E-state index contributed by atoms with van der Waals surface area (Å²) in [6, 6.07) is 9.13. The second kappa shape index (κ2) is 7.32. The number of benzene rings is 1. The summed E-state index contributed by atoms with van der Waals surface area (Å²) in [5.41, 5.74) is 0.932. The highest BCUT2D eigenvalue weighted by Crippen LogP contribution is 2.32. The Hall–Kier alpha value is -1.99. The number of hydrogen-bond donors (Lipinski definition) is 0. The van der Waals surface area contributed by atoms with Crippen molar-refractivity contribution in [1.29, 1.82) is 0 Å². The van der Waals surface area contributed by atoms with Crippen molar-refractivity contribution >= 4 is 35.0 Å². The topological polar surface area (TPSA) is 58.4 Å². The molecule has 8 heteroatoms. The molecule has 0 aliphatic carbocycles. The second-order valence-electron chi connectivity index (χ2n) is 6.42. The zero-order chi connectivity index (χ0) is 18.1. The highest BCUT2D eigenvalue weighted by Gasteiger charge is 2.30. The number of carbonyl (C=O) groups is 1. The molecule has 136 valence electrons. The summed E-state index contributed by atoms with van der Waals surface area (Å²) in [6.45, 7) is 2.84. The number of amides is 1. The molecule has 0 spiro atoms. The number of rotatable bonds is 3. The first-order chi connectivity index (χ1) is 12.6. The third kappa shape index (κ3) is 3.33. The van der Waals surface area contributed by atoms with E-state index in [1.165, 1.54) is 24.0 Å². The molecule has 0 bridgehead atoms. The lowest BCUT2D eigenvalue weighted by Crippen LogP contribution is -2.49. The molecular weight excluding hydrogens is 372 g/mol. The minimum absolute atomic E-state index is 0.0821. The fourth-order valence-electron chi connectivity index (χ4n) is 3.48. The Kier molecular flexibility index (Phi) is 4.91. The molecule has 4 rings (SSSR count). The predicted molar refractivity (Wildman–Crippen MR) is 103 cm³/mol. The Balaban J connectivity index is 1.38. The summed E-state index contributed by atoms with van der Waals surface area (Å²) in [7, 11) is 0. The Labute approximate surface area is 160 Å². The first kappa shape index (κ1) is 17.4. The minimum Gasteiger partial charge on any atom is -0.367 e. The summed E-state index contributed by atoms with van der Waals surface area (Å²) in [5.74, 6) is 0.815. The number of halogens is 1. The van der Waals surface area contributed by atoms with Gasteiger partial charge in [-0.1, -0.05) is 35.5 Å². The van der Waals surface area contributed by atoms with Gasteiger partial charge >= 0.3 is 0 Å². The van der Waals surface area contributed by atoms with E-state index in [1.807, 2.05) is 29.2 Å². The van der Waals surface area contributed by atoms with E-state index in [0.717, 1.165) is 29.6 Å². The van der Waals surface area contributed by atoms with E-state index in [4.69, 9.17) is 11.6 Å². The molecule has 26 heavy (non-hydrogen) atoms. The first-order valence-corrected chi connectivity index (χ1v) is 9.97. The van der Waals surface area contributed by atoms with E-state index in [0.29, 0.717) is 24.7 Å². The van der Waals surface area contributed by atoms with Gasteiger partial charge in [0.2, 0.25) is 5.91 Å². The monoisotopic (exact) mass is 390 g/mol. The molecule has 0 unspecified atom stereocenters. The summed E-state index contributed by atoms with van der Waals surface area (Å²) >= 11 is 7.81. The Morgan fingerprint density at radius 2 is 1.96 bits per heavy atom. The minimum atomic E-state index is -0.106. The maximum atomic E-state index is 12.7. The Bertz CT molecular complexity index is 879. The van der Waals surface area contributed by atoms with Gasteiger partial charge in [-0.05, 0) is 12.1 Å². The molecule has 2 aliphatic heterocycles. The number of carbonyl (C=O) groups excluding carboxylic acids is 1. The molecule has 1 atom stereocenters. The molecule has 2 aliphatic rings. The zero-order valence-corrected chi connectivity index (χ0v) is 15.7. The van der Waals surface area contributed by atoms with Crippen molar-refractivity contribution in [2.75, 3.05) is 36.8 Å². The average Bonchev–Trinajstić information content (AvgIpc) is 3.06. The van der Waals surface area contributed by atoms with Crippen LogP contribution in [0.15, 0.2) is 46.5 Å². The van der Waals surface area contributed by atoms with Crippen molar-refractivity contribution in [3.8, 4) is 0 Å². The Morgan fingerprint density at radius 3 is 2.73 bits per heavy atom. The van der Waals surface area contributed by atoms with Crippen molar-refractivity contribution in [3.05, 3.63) is 51.9 Å². The number of fused-ring (bicyclic) bond motifs is 1. The molecule has 6 nitrogen and oxygen atoms in total. The van der Waals surface area contributed by atoms with Crippen LogP contribution in [0.4, 0.5) is 5.69 Å². The normalized spacial score (nSPS) is 19.5. The van der Waals surface area contributed by atoms with Crippen LogP contribution in [0.5, 0.6) is 0 Å². The number of piperazine rings is 1. The largest absolute Gasteiger partial charge is 0.367 e. The smallest absolute Gasteiger partial charge is 0.254 e. The van der Waals surface area contributed by atoms with Crippen molar-refractivity contribution in [2.24, 2.45) is 0 Å². The number of thioether (sulfide) groups is 1. The van der Waals surface area contributed by atoms with Gasteiger partial charge in [0.15, 0.2) is 5.16 Å². The molecule has 0 radical (unpaired) electrons. The van der Waals surface area contributed by atoms with Crippen molar-refractivity contribution in [2.45, 2.75) is 17.6 Å². The van der Waals surface area contributed by atoms with Crippen LogP contribution in [0.1, 0.15) is 12.5 Å². The van der Waals surface area contributed by atoms with Crippen molar-refractivity contribution in [1.82, 2.24) is 14.5 Å². The predicted octanol–water partition coefficient (Wildman–Crippen LogP) is 2.28. The third-order valence-electron chi connectivity index (χ3n) is 4.85. The molecule has 1 aromatic carbocycles. The summed E-state index contributed by atoms with van der Waals surface area (Å²) in [4.78, 5) is 33.1. The van der Waals surface area contributed by atoms with E-state index >= 15 is 0 Å². The van der Waals surface area contributed by atoms with E-state index in [9.17, 15) is 9.59 Å². The lowest BCUT2D eigenvalue weighted by atomic mass is 10.2. The summed E-state index contributed by atoms with van der Waals surface area (Å²) in [5, 5.41) is 1.44. The van der Waals surface area contributed by atoms with Crippen LogP contribution in [-0.2, 0) is 4.79 Å². The van der Waals surface area contributed by atoms with Crippen molar-refractivity contribution < 1.29 is 4.79 Å². The van der Waals surface area contributed by atoms with Gasteiger partial charge < -0.3 is 9.80 Å². The number of anilines is 1. The van der Waals surface area contributed by atoms with Crippen LogP contribution in [0.25, 0.3) is 0 Å². The third-order valence-corrected chi connectivity index (χ3v) is 6.28. The standard InChI is InChI=1S/C18H19ClN4O2S/c19-14-3-1-2-4-15(14)21-7-9-22(10-8-21)17(25)11-13-12-26-18-20-6-5-16(24)23(13)18/h1-6,13H,7-12H2/t13-/m0/s1. The molecule has 2 aromatic rings. The maximum Gasteiger partial charge on any atom is 0.254 e. The number of aromatic nitrogens is 2. The molecule has 1 aromatic heterocycles. The fraction of sp³-hybridized carbons (Fsp3) is 0.389. The molecule has 0 saturated carbocycles. The van der Waals surface area contributed by atoms with E-state index in [2.05, 4.69) is 9.88 Å². The van der Waals surface area contributed by atoms with Crippen LogP contribution < -0.4 is 10.5 Å². The van der Waals surface area contributed by atoms with Crippen LogP contribution >= 0.6 is 23.4 Å². The molecule has 3 heterocycles. The Morgan fingerprint density at radius 1 is 1.19 bits per heavy atom. The molecular formula is C18H19ClN4O2S. The zero-order valence-electron chi connectivity index (χ0n) is 14.2. The van der Waals surface area contributed by atoms with Gasteiger partial charge in [-0.25, -0.2) is 4.98 Å². The fourth-order valence-corrected chi connectivity index (χ4v) is 4.85. The number of hydrogen-bond acceptors (Lipinski definition) is 5. The van der Waals surface area contributed by atoms with Crippen LogP contribution in [-0.4, -0.2) is 52.3 Å². The van der Waals surface area contributed by atoms with Crippen LogP contribution in [0.3, 0.4) is 0 Å².